The maximum absolute atomic E-state index is 5.93. The lowest BCUT2D eigenvalue weighted by Gasteiger charge is -2.42. The van der Waals surface area contributed by atoms with Gasteiger partial charge in [0.1, 0.15) is 5.75 Å². The summed E-state index contributed by atoms with van der Waals surface area (Å²) in [6, 6.07) is 2.20. The number of hydrogen-bond donors (Lipinski definition) is 1. The fourth-order valence-corrected chi connectivity index (χ4v) is 2.66. The monoisotopic (exact) mass is 235 g/mol. The Morgan fingerprint density at radius 3 is 2.35 bits per heavy atom. The van der Waals surface area contributed by atoms with Crippen molar-refractivity contribution in [3.8, 4) is 5.75 Å². The van der Waals surface area contributed by atoms with E-state index >= 15 is 0 Å². The molecule has 3 heteroatoms. The molecule has 0 aliphatic carbocycles. The van der Waals surface area contributed by atoms with Gasteiger partial charge in [0.25, 0.3) is 0 Å². The van der Waals surface area contributed by atoms with Crippen molar-refractivity contribution in [2.75, 3.05) is 26.9 Å². The summed E-state index contributed by atoms with van der Waals surface area (Å²) < 4.78 is 10.8. The minimum absolute atomic E-state index is 0.0197. The Bertz CT molecular complexity index is 431. The smallest absolute Gasteiger partial charge is 0.124 e. The van der Waals surface area contributed by atoms with Crippen LogP contribution in [-0.4, -0.2) is 26.9 Å². The summed E-state index contributed by atoms with van der Waals surface area (Å²) in [5.74, 6) is 0.985. The van der Waals surface area contributed by atoms with Crippen LogP contribution in [0.15, 0.2) is 6.07 Å². The number of benzene rings is 1. The van der Waals surface area contributed by atoms with Crippen molar-refractivity contribution in [1.82, 2.24) is 0 Å². The Kier molecular flexibility index (Phi) is 3.15. The Labute approximate surface area is 103 Å². The first kappa shape index (κ1) is 12.4. The van der Waals surface area contributed by atoms with Crippen molar-refractivity contribution in [2.45, 2.75) is 26.2 Å². The maximum atomic E-state index is 5.93. The van der Waals surface area contributed by atoms with E-state index in [1.165, 1.54) is 22.3 Å². The molecular formula is C14H21NO2. The van der Waals surface area contributed by atoms with Crippen molar-refractivity contribution in [2.24, 2.45) is 5.73 Å². The molecule has 1 aromatic carbocycles. The SMILES string of the molecule is COc1c(C)cc(C2(CN)COC2)c(C)c1C. The standard InChI is InChI=1S/C14H21NO2/c1-9-5-12(14(6-15)7-17-8-14)10(2)11(3)13(9)16-4/h5H,6-8,15H2,1-4H3. The molecule has 0 spiro atoms. The molecule has 1 aliphatic rings. The van der Waals surface area contributed by atoms with Gasteiger partial charge in [0.05, 0.1) is 25.7 Å². The first-order valence-corrected chi connectivity index (χ1v) is 5.99. The lowest BCUT2D eigenvalue weighted by atomic mass is 9.75. The first-order chi connectivity index (χ1) is 8.05. The van der Waals surface area contributed by atoms with Crippen LogP contribution in [0.4, 0.5) is 0 Å². The number of rotatable bonds is 3. The zero-order chi connectivity index (χ0) is 12.6. The number of hydrogen-bond acceptors (Lipinski definition) is 3. The highest BCUT2D eigenvalue weighted by Gasteiger charge is 2.40. The third-order valence-corrected chi connectivity index (χ3v) is 3.95. The first-order valence-electron chi connectivity index (χ1n) is 5.99. The fraction of sp³-hybridized carbons (Fsp3) is 0.571. The van der Waals surface area contributed by atoms with E-state index in [0.717, 1.165) is 19.0 Å². The molecular weight excluding hydrogens is 214 g/mol. The molecule has 0 saturated carbocycles. The second-order valence-electron chi connectivity index (χ2n) is 5.00. The van der Waals surface area contributed by atoms with Gasteiger partial charge in [-0.1, -0.05) is 6.07 Å². The molecule has 1 heterocycles. The number of aryl methyl sites for hydroxylation is 1. The van der Waals surface area contributed by atoms with E-state index in [-0.39, 0.29) is 5.41 Å². The summed E-state index contributed by atoms with van der Waals surface area (Å²) in [7, 11) is 1.72. The predicted molar refractivity (Wildman–Crippen MR) is 68.8 cm³/mol. The van der Waals surface area contributed by atoms with E-state index in [1.807, 2.05) is 0 Å². The molecule has 2 N–H and O–H groups in total. The average molecular weight is 235 g/mol. The molecule has 1 aliphatic heterocycles. The van der Waals surface area contributed by atoms with Crippen molar-refractivity contribution in [3.63, 3.8) is 0 Å². The van der Waals surface area contributed by atoms with Gasteiger partial charge in [-0.3, -0.25) is 0 Å². The third-order valence-electron chi connectivity index (χ3n) is 3.95. The van der Waals surface area contributed by atoms with Gasteiger partial charge in [0.2, 0.25) is 0 Å². The van der Waals surface area contributed by atoms with Gasteiger partial charge < -0.3 is 15.2 Å². The highest BCUT2D eigenvalue weighted by atomic mass is 16.5. The highest BCUT2D eigenvalue weighted by molar-refractivity contribution is 5.52. The van der Waals surface area contributed by atoms with E-state index in [0.29, 0.717) is 6.54 Å². The normalized spacial score (nSPS) is 17.7. The van der Waals surface area contributed by atoms with Gasteiger partial charge in [0, 0.05) is 6.54 Å². The largest absolute Gasteiger partial charge is 0.496 e. The van der Waals surface area contributed by atoms with Crippen LogP contribution in [0, 0.1) is 20.8 Å². The molecule has 2 rings (SSSR count). The molecule has 1 fully saturated rings. The van der Waals surface area contributed by atoms with Gasteiger partial charge in [-0.2, -0.15) is 0 Å². The van der Waals surface area contributed by atoms with Crippen LogP contribution < -0.4 is 10.5 Å². The number of nitrogens with two attached hydrogens (primary N) is 1. The second kappa shape index (κ2) is 4.31. The van der Waals surface area contributed by atoms with Crippen LogP contribution in [0.1, 0.15) is 22.3 Å². The Morgan fingerprint density at radius 1 is 1.29 bits per heavy atom. The summed E-state index contributed by atoms with van der Waals surface area (Å²) >= 11 is 0. The molecule has 0 atom stereocenters. The molecule has 0 radical (unpaired) electrons. The molecule has 0 bridgehead atoms. The van der Waals surface area contributed by atoms with Gasteiger partial charge in [-0.25, -0.2) is 0 Å². The van der Waals surface area contributed by atoms with Gasteiger partial charge in [-0.05, 0) is 43.0 Å². The fourth-order valence-electron chi connectivity index (χ4n) is 2.66. The maximum Gasteiger partial charge on any atom is 0.124 e. The van der Waals surface area contributed by atoms with Crippen LogP contribution in [-0.2, 0) is 10.2 Å². The summed E-state index contributed by atoms with van der Waals surface area (Å²) in [6.07, 6.45) is 0. The van der Waals surface area contributed by atoms with Crippen molar-refractivity contribution < 1.29 is 9.47 Å². The summed E-state index contributed by atoms with van der Waals surface area (Å²) in [4.78, 5) is 0. The number of ether oxygens (including phenoxy) is 2. The van der Waals surface area contributed by atoms with E-state index in [1.54, 1.807) is 7.11 Å². The Hall–Kier alpha value is -1.06. The van der Waals surface area contributed by atoms with E-state index < -0.39 is 0 Å². The van der Waals surface area contributed by atoms with Crippen LogP contribution in [0.25, 0.3) is 0 Å². The molecule has 17 heavy (non-hydrogen) atoms. The van der Waals surface area contributed by atoms with Gasteiger partial charge in [-0.15, -0.1) is 0 Å². The Morgan fingerprint density at radius 2 is 1.94 bits per heavy atom. The molecule has 0 aromatic heterocycles. The van der Waals surface area contributed by atoms with E-state index in [2.05, 4.69) is 26.8 Å². The van der Waals surface area contributed by atoms with Gasteiger partial charge in [0.15, 0.2) is 0 Å². The lowest BCUT2D eigenvalue weighted by Crippen LogP contribution is -2.52. The molecule has 1 aromatic rings. The lowest BCUT2D eigenvalue weighted by molar-refractivity contribution is -0.0553. The van der Waals surface area contributed by atoms with Crippen LogP contribution in [0.2, 0.25) is 0 Å². The van der Waals surface area contributed by atoms with E-state index in [9.17, 15) is 0 Å². The zero-order valence-corrected chi connectivity index (χ0v) is 11.1. The van der Waals surface area contributed by atoms with Gasteiger partial charge >= 0.3 is 0 Å². The third kappa shape index (κ3) is 1.74. The zero-order valence-electron chi connectivity index (χ0n) is 11.1. The van der Waals surface area contributed by atoms with E-state index in [4.69, 9.17) is 15.2 Å². The van der Waals surface area contributed by atoms with Crippen LogP contribution in [0.3, 0.4) is 0 Å². The molecule has 3 nitrogen and oxygen atoms in total. The molecule has 0 amide bonds. The summed E-state index contributed by atoms with van der Waals surface area (Å²) in [5, 5.41) is 0. The van der Waals surface area contributed by atoms with Crippen LogP contribution in [0.5, 0.6) is 5.75 Å². The molecule has 1 saturated heterocycles. The minimum Gasteiger partial charge on any atom is -0.496 e. The topological polar surface area (TPSA) is 44.5 Å². The highest BCUT2D eigenvalue weighted by Crippen LogP contribution is 2.38. The van der Waals surface area contributed by atoms with Crippen molar-refractivity contribution in [1.29, 1.82) is 0 Å². The predicted octanol–water partition coefficient (Wildman–Crippen LogP) is 1.85. The van der Waals surface area contributed by atoms with Crippen molar-refractivity contribution in [3.05, 3.63) is 28.3 Å². The minimum atomic E-state index is 0.0197. The summed E-state index contributed by atoms with van der Waals surface area (Å²) in [6.45, 7) is 8.43. The number of methoxy groups -OCH3 is 1. The molecule has 94 valence electrons. The second-order valence-corrected chi connectivity index (χ2v) is 5.00. The quantitative estimate of drug-likeness (QED) is 0.869. The van der Waals surface area contributed by atoms with Crippen LogP contribution >= 0.6 is 0 Å². The Balaban J connectivity index is 2.56. The molecule has 0 unspecified atom stereocenters. The average Bonchev–Trinajstić information content (AvgIpc) is 2.25. The van der Waals surface area contributed by atoms with Crippen molar-refractivity contribution >= 4 is 0 Å². The summed E-state index contributed by atoms with van der Waals surface area (Å²) in [5.41, 5.74) is 10.9.